The fourth-order valence-electron chi connectivity index (χ4n) is 2.07. The van der Waals surface area contributed by atoms with E-state index in [1.165, 1.54) is 13.0 Å². The number of carbonyl (C=O) groups is 2. The lowest BCUT2D eigenvalue weighted by Gasteiger charge is -2.10. The number of Topliss-reactive ketones (excluding diaryl/α,β-unsaturated/α-hetero) is 1. The van der Waals surface area contributed by atoms with Gasteiger partial charge in [0.15, 0.2) is 11.2 Å². The van der Waals surface area contributed by atoms with Crippen LogP contribution in [-0.2, 0) is 4.74 Å². The molecule has 23 heavy (non-hydrogen) atoms. The van der Waals surface area contributed by atoms with E-state index in [4.69, 9.17) is 9.15 Å². The number of hydrogen-bond acceptors (Lipinski definition) is 6. The Morgan fingerprint density at radius 1 is 1.22 bits per heavy atom. The number of nitrogens with one attached hydrogen (secondary N) is 1. The van der Waals surface area contributed by atoms with Crippen LogP contribution in [0.4, 0.5) is 11.6 Å². The predicted octanol–water partition coefficient (Wildman–Crippen LogP) is 3.07. The van der Waals surface area contributed by atoms with E-state index in [-0.39, 0.29) is 17.2 Å². The molecule has 120 valence electrons. The molecule has 2 rings (SSSR count). The van der Waals surface area contributed by atoms with Crippen LogP contribution in [0.2, 0.25) is 0 Å². The first-order chi connectivity index (χ1) is 10.9. The summed E-state index contributed by atoms with van der Waals surface area (Å²) in [4.78, 5) is 35.2. The Kier molecular flexibility index (Phi) is 4.95. The van der Waals surface area contributed by atoms with E-state index in [1.54, 1.807) is 38.1 Å². The molecule has 0 spiro atoms. The molecular formula is C17H17NO5. The Bertz CT molecular complexity index is 790. The second-order valence-electron chi connectivity index (χ2n) is 4.90. The molecule has 0 atom stereocenters. The molecule has 0 amide bonds. The van der Waals surface area contributed by atoms with Crippen LogP contribution in [0.5, 0.6) is 0 Å². The van der Waals surface area contributed by atoms with Gasteiger partial charge in [0.05, 0.1) is 12.2 Å². The van der Waals surface area contributed by atoms with Crippen molar-refractivity contribution in [1.82, 2.24) is 0 Å². The molecule has 0 fully saturated rings. The van der Waals surface area contributed by atoms with Crippen molar-refractivity contribution in [1.29, 1.82) is 0 Å². The highest BCUT2D eigenvalue weighted by Gasteiger charge is 2.16. The van der Waals surface area contributed by atoms with Crippen LogP contribution in [0, 0.1) is 6.92 Å². The van der Waals surface area contributed by atoms with Gasteiger partial charge in [-0.15, -0.1) is 0 Å². The van der Waals surface area contributed by atoms with Gasteiger partial charge in [0.25, 0.3) is 0 Å². The van der Waals surface area contributed by atoms with Crippen molar-refractivity contribution in [3.05, 3.63) is 57.4 Å². The maximum absolute atomic E-state index is 11.9. The van der Waals surface area contributed by atoms with Crippen LogP contribution in [0.15, 0.2) is 39.5 Å². The number of hydrogen-bond donors (Lipinski definition) is 1. The first-order valence-electron chi connectivity index (χ1n) is 7.12. The smallest absolute Gasteiger partial charge is 0.338 e. The summed E-state index contributed by atoms with van der Waals surface area (Å²) in [6.07, 6.45) is 0. The monoisotopic (exact) mass is 315 g/mol. The topological polar surface area (TPSA) is 85.6 Å². The highest BCUT2D eigenvalue weighted by Crippen LogP contribution is 2.21. The van der Waals surface area contributed by atoms with Gasteiger partial charge in [0, 0.05) is 11.8 Å². The predicted molar refractivity (Wildman–Crippen MR) is 85.4 cm³/mol. The van der Waals surface area contributed by atoms with E-state index in [2.05, 4.69) is 5.32 Å². The van der Waals surface area contributed by atoms with Gasteiger partial charge in [0.1, 0.15) is 11.3 Å². The van der Waals surface area contributed by atoms with Crippen LogP contribution in [0.3, 0.4) is 0 Å². The third-order valence-corrected chi connectivity index (χ3v) is 3.08. The first kappa shape index (κ1) is 16.5. The van der Waals surface area contributed by atoms with Crippen molar-refractivity contribution in [3.63, 3.8) is 0 Å². The molecule has 0 aliphatic rings. The average Bonchev–Trinajstić information content (AvgIpc) is 2.47. The Balaban J connectivity index is 2.31. The third-order valence-electron chi connectivity index (χ3n) is 3.08. The molecule has 0 saturated carbocycles. The Labute approximate surface area is 133 Å². The minimum absolute atomic E-state index is 0.0370. The Hall–Kier alpha value is -2.89. The minimum Gasteiger partial charge on any atom is -0.462 e. The number of rotatable bonds is 5. The van der Waals surface area contributed by atoms with Gasteiger partial charge in [0.2, 0.25) is 5.88 Å². The number of anilines is 2. The molecule has 6 heteroatoms. The molecule has 1 heterocycles. The number of aryl methyl sites for hydroxylation is 1. The summed E-state index contributed by atoms with van der Waals surface area (Å²) >= 11 is 0. The lowest BCUT2D eigenvalue weighted by Crippen LogP contribution is -2.15. The van der Waals surface area contributed by atoms with E-state index in [1.807, 2.05) is 0 Å². The van der Waals surface area contributed by atoms with E-state index in [9.17, 15) is 14.4 Å². The van der Waals surface area contributed by atoms with Crippen LogP contribution in [0.1, 0.15) is 40.3 Å². The van der Waals surface area contributed by atoms with Gasteiger partial charge in [-0.1, -0.05) is 0 Å². The second-order valence-corrected chi connectivity index (χ2v) is 4.90. The minimum atomic E-state index is -0.412. The fourth-order valence-corrected chi connectivity index (χ4v) is 2.07. The SMILES string of the molecule is CCOC(=O)c1ccc(Nc2oc(C)cc(=O)c2C(C)=O)cc1. The van der Waals surface area contributed by atoms with Crippen molar-refractivity contribution in [2.24, 2.45) is 0 Å². The summed E-state index contributed by atoms with van der Waals surface area (Å²) in [5.41, 5.74) is 0.557. The highest BCUT2D eigenvalue weighted by atomic mass is 16.5. The zero-order valence-corrected chi connectivity index (χ0v) is 13.1. The Morgan fingerprint density at radius 3 is 2.43 bits per heavy atom. The van der Waals surface area contributed by atoms with Gasteiger partial charge in [-0.05, 0) is 45.0 Å². The number of carbonyl (C=O) groups excluding carboxylic acids is 2. The van der Waals surface area contributed by atoms with E-state index < -0.39 is 11.4 Å². The fraction of sp³-hybridized carbons (Fsp3) is 0.235. The highest BCUT2D eigenvalue weighted by molar-refractivity contribution is 5.98. The molecule has 0 unspecified atom stereocenters. The summed E-state index contributed by atoms with van der Waals surface area (Å²) in [6, 6.07) is 7.71. The second kappa shape index (κ2) is 6.91. The summed E-state index contributed by atoms with van der Waals surface area (Å²) in [7, 11) is 0. The standard InChI is InChI=1S/C17H17NO5/c1-4-22-17(21)12-5-7-13(8-6-12)18-16-15(11(3)19)14(20)9-10(2)23-16/h5-9,18H,4H2,1-3H3. The summed E-state index contributed by atoms with van der Waals surface area (Å²) in [5.74, 6) is -0.313. The largest absolute Gasteiger partial charge is 0.462 e. The van der Waals surface area contributed by atoms with Crippen molar-refractivity contribution >= 4 is 23.3 Å². The van der Waals surface area contributed by atoms with E-state index in [0.29, 0.717) is 23.6 Å². The van der Waals surface area contributed by atoms with E-state index in [0.717, 1.165) is 0 Å². The Morgan fingerprint density at radius 2 is 1.87 bits per heavy atom. The van der Waals surface area contributed by atoms with Crippen LogP contribution in [0.25, 0.3) is 0 Å². The molecular weight excluding hydrogens is 298 g/mol. The van der Waals surface area contributed by atoms with Crippen LogP contribution >= 0.6 is 0 Å². The first-order valence-corrected chi connectivity index (χ1v) is 7.12. The van der Waals surface area contributed by atoms with Gasteiger partial charge in [-0.25, -0.2) is 4.79 Å². The summed E-state index contributed by atoms with van der Waals surface area (Å²) in [6.45, 7) is 4.96. The number of benzene rings is 1. The number of ketones is 1. The maximum atomic E-state index is 11.9. The molecule has 1 N–H and O–H groups in total. The van der Waals surface area contributed by atoms with Crippen molar-refractivity contribution in [2.45, 2.75) is 20.8 Å². The van der Waals surface area contributed by atoms with Gasteiger partial charge in [-0.2, -0.15) is 0 Å². The molecule has 1 aromatic carbocycles. The summed E-state index contributed by atoms with van der Waals surface area (Å²) < 4.78 is 10.4. The van der Waals surface area contributed by atoms with Crippen LogP contribution < -0.4 is 10.7 Å². The molecule has 0 aliphatic heterocycles. The third kappa shape index (κ3) is 3.85. The normalized spacial score (nSPS) is 10.2. The quantitative estimate of drug-likeness (QED) is 0.674. The zero-order chi connectivity index (χ0) is 17.0. The molecule has 1 aromatic heterocycles. The van der Waals surface area contributed by atoms with Gasteiger partial charge >= 0.3 is 5.97 Å². The molecule has 6 nitrogen and oxygen atoms in total. The maximum Gasteiger partial charge on any atom is 0.338 e. The number of ether oxygens (including phenoxy) is 1. The molecule has 0 aliphatic carbocycles. The van der Waals surface area contributed by atoms with Gasteiger partial charge < -0.3 is 14.5 Å². The van der Waals surface area contributed by atoms with Crippen molar-refractivity contribution in [2.75, 3.05) is 11.9 Å². The number of esters is 1. The van der Waals surface area contributed by atoms with Crippen LogP contribution in [-0.4, -0.2) is 18.4 Å². The molecule has 0 saturated heterocycles. The molecule has 0 bridgehead atoms. The van der Waals surface area contributed by atoms with Gasteiger partial charge in [-0.3, -0.25) is 9.59 Å². The lowest BCUT2D eigenvalue weighted by molar-refractivity contribution is 0.0526. The molecule has 0 radical (unpaired) electrons. The van der Waals surface area contributed by atoms with Crippen molar-refractivity contribution < 1.29 is 18.7 Å². The van der Waals surface area contributed by atoms with E-state index >= 15 is 0 Å². The summed E-state index contributed by atoms with van der Waals surface area (Å²) in [5, 5.41) is 2.89. The average molecular weight is 315 g/mol. The van der Waals surface area contributed by atoms with Crippen molar-refractivity contribution in [3.8, 4) is 0 Å². The lowest BCUT2D eigenvalue weighted by atomic mass is 10.1. The zero-order valence-electron chi connectivity index (χ0n) is 13.1. The molecule has 2 aromatic rings.